The number of rotatable bonds is 5. The van der Waals surface area contributed by atoms with Crippen LogP contribution in [0.4, 0.5) is 0 Å². The number of hydrogen-bond donors (Lipinski definition) is 2. The maximum Gasteiger partial charge on any atom is 0.323 e. The fraction of sp³-hybridized carbons (Fsp3) is 0.182. The van der Waals surface area contributed by atoms with Crippen molar-refractivity contribution in [3.8, 4) is 0 Å². The van der Waals surface area contributed by atoms with Gasteiger partial charge in [0.05, 0.1) is 5.56 Å². The third-order valence-corrected chi connectivity index (χ3v) is 3.02. The number of nitrogens with zero attached hydrogens (tertiary/aromatic N) is 1. The molecule has 8 heteroatoms. The van der Waals surface area contributed by atoms with Crippen LogP contribution in [0, 0.1) is 0 Å². The summed E-state index contributed by atoms with van der Waals surface area (Å²) in [6, 6.07) is 4.40. The van der Waals surface area contributed by atoms with Crippen LogP contribution in [0.15, 0.2) is 22.7 Å². The van der Waals surface area contributed by atoms with Crippen molar-refractivity contribution in [3.05, 3.63) is 33.3 Å². The number of carbonyl (C=O) groups excluding carboxylic acids is 1. The Labute approximate surface area is 121 Å². The molecule has 2 N–H and O–H groups in total. The molecule has 0 aromatic heterocycles. The number of halogens is 2. The largest absolute Gasteiger partial charge is 0.480 e. The summed E-state index contributed by atoms with van der Waals surface area (Å²) in [6.07, 6.45) is 0. The van der Waals surface area contributed by atoms with Gasteiger partial charge in [-0.3, -0.25) is 14.4 Å². The first-order chi connectivity index (χ1) is 8.81. The van der Waals surface area contributed by atoms with Gasteiger partial charge in [0.25, 0.3) is 5.91 Å². The molecule has 0 bridgehead atoms. The van der Waals surface area contributed by atoms with Crippen molar-refractivity contribution >= 4 is 45.4 Å². The Morgan fingerprint density at radius 1 is 1.16 bits per heavy atom. The second-order valence-electron chi connectivity index (χ2n) is 3.57. The summed E-state index contributed by atoms with van der Waals surface area (Å²) in [5, 5.41) is 17.7. The normalized spacial score (nSPS) is 10.0. The third kappa shape index (κ3) is 4.53. The number of benzene rings is 1. The van der Waals surface area contributed by atoms with Crippen LogP contribution in [0.2, 0.25) is 5.02 Å². The van der Waals surface area contributed by atoms with E-state index in [1.165, 1.54) is 12.1 Å². The fourth-order valence-electron chi connectivity index (χ4n) is 1.36. The highest BCUT2D eigenvalue weighted by Gasteiger charge is 2.22. The van der Waals surface area contributed by atoms with Crippen molar-refractivity contribution in [2.24, 2.45) is 0 Å². The Hall–Kier alpha value is -1.60. The summed E-state index contributed by atoms with van der Waals surface area (Å²) in [5.74, 6) is -3.32. The van der Waals surface area contributed by atoms with Gasteiger partial charge in [-0.15, -0.1) is 0 Å². The summed E-state index contributed by atoms with van der Waals surface area (Å²) in [4.78, 5) is 34.1. The summed E-state index contributed by atoms with van der Waals surface area (Å²) < 4.78 is 0.405. The van der Waals surface area contributed by atoms with Crippen LogP contribution in [0.1, 0.15) is 10.4 Å². The minimum absolute atomic E-state index is 0.106. The molecule has 0 fully saturated rings. The first kappa shape index (κ1) is 15.5. The van der Waals surface area contributed by atoms with E-state index < -0.39 is 30.9 Å². The number of carboxylic acid groups (broad SMARTS) is 2. The smallest absolute Gasteiger partial charge is 0.323 e. The Kier molecular flexibility index (Phi) is 5.31. The molecule has 0 spiro atoms. The van der Waals surface area contributed by atoms with E-state index in [0.29, 0.717) is 9.37 Å². The number of carboxylic acids is 2. The number of carbonyl (C=O) groups is 3. The van der Waals surface area contributed by atoms with Crippen LogP contribution in [0.3, 0.4) is 0 Å². The Bertz CT molecular complexity index is 518. The average Bonchev–Trinajstić information content (AvgIpc) is 2.29. The van der Waals surface area contributed by atoms with E-state index in [4.69, 9.17) is 21.8 Å². The molecule has 1 rings (SSSR count). The second-order valence-corrected chi connectivity index (χ2v) is 4.86. The van der Waals surface area contributed by atoms with Crippen molar-refractivity contribution in [1.82, 2.24) is 4.90 Å². The zero-order valence-corrected chi connectivity index (χ0v) is 11.8. The molecule has 1 aromatic carbocycles. The van der Waals surface area contributed by atoms with Crippen LogP contribution < -0.4 is 0 Å². The van der Waals surface area contributed by atoms with Gasteiger partial charge in [-0.2, -0.15) is 0 Å². The first-order valence-electron chi connectivity index (χ1n) is 4.99. The molecular weight excluding hydrogens is 341 g/mol. The predicted molar refractivity (Wildman–Crippen MR) is 70.3 cm³/mol. The van der Waals surface area contributed by atoms with Gasteiger partial charge in [0.1, 0.15) is 13.1 Å². The van der Waals surface area contributed by atoms with Crippen molar-refractivity contribution in [1.29, 1.82) is 0 Å². The van der Waals surface area contributed by atoms with E-state index >= 15 is 0 Å². The van der Waals surface area contributed by atoms with Gasteiger partial charge in [-0.05, 0) is 34.1 Å². The lowest BCUT2D eigenvalue weighted by atomic mass is 10.2. The maximum atomic E-state index is 12.1. The van der Waals surface area contributed by atoms with Crippen molar-refractivity contribution < 1.29 is 24.6 Å². The van der Waals surface area contributed by atoms with E-state index in [-0.39, 0.29) is 10.6 Å². The monoisotopic (exact) mass is 349 g/mol. The third-order valence-electron chi connectivity index (χ3n) is 2.10. The van der Waals surface area contributed by atoms with Gasteiger partial charge >= 0.3 is 11.9 Å². The average molecular weight is 351 g/mol. The quantitative estimate of drug-likeness (QED) is 0.843. The predicted octanol–water partition coefficient (Wildman–Crippen LogP) is 1.71. The number of aliphatic carboxylic acids is 2. The van der Waals surface area contributed by atoms with Gasteiger partial charge in [-0.25, -0.2) is 0 Å². The highest BCUT2D eigenvalue weighted by molar-refractivity contribution is 9.10. The Balaban J connectivity index is 3.07. The van der Waals surface area contributed by atoms with E-state index in [1.54, 1.807) is 6.07 Å². The number of amides is 1. The summed E-state index contributed by atoms with van der Waals surface area (Å²) in [5.41, 5.74) is 0.106. The van der Waals surface area contributed by atoms with Gasteiger partial charge in [0.15, 0.2) is 0 Å². The molecule has 0 atom stereocenters. The maximum absolute atomic E-state index is 12.1. The fourth-order valence-corrected chi connectivity index (χ4v) is 1.95. The summed E-state index contributed by atoms with van der Waals surface area (Å²) in [6.45, 7) is -1.41. The number of hydrogen-bond acceptors (Lipinski definition) is 3. The zero-order chi connectivity index (χ0) is 14.6. The van der Waals surface area contributed by atoms with Crippen molar-refractivity contribution in [2.45, 2.75) is 0 Å². The van der Waals surface area contributed by atoms with E-state index in [1.807, 2.05) is 0 Å². The SMILES string of the molecule is O=C(O)CN(CC(=O)O)C(=O)c1cc(Cl)ccc1Br. The van der Waals surface area contributed by atoms with Gasteiger partial charge in [-0.1, -0.05) is 11.6 Å². The molecule has 19 heavy (non-hydrogen) atoms. The van der Waals surface area contributed by atoms with Crippen LogP contribution in [-0.2, 0) is 9.59 Å². The zero-order valence-electron chi connectivity index (χ0n) is 9.47. The molecule has 1 aromatic rings. The molecular formula is C11H9BrClNO5. The minimum atomic E-state index is -1.30. The molecule has 0 radical (unpaired) electrons. The van der Waals surface area contributed by atoms with Crippen LogP contribution in [0.5, 0.6) is 0 Å². The van der Waals surface area contributed by atoms with Gasteiger partial charge in [0, 0.05) is 9.50 Å². The van der Waals surface area contributed by atoms with Gasteiger partial charge in [0.2, 0.25) is 0 Å². The summed E-state index contributed by atoms with van der Waals surface area (Å²) >= 11 is 8.88. The highest BCUT2D eigenvalue weighted by Crippen LogP contribution is 2.22. The Morgan fingerprint density at radius 3 is 2.16 bits per heavy atom. The minimum Gasteiger partial charge on any atom is -0.480 e. The molecule has 0 heterocycles. The highest BCUT2D eigenvalue weighted by atomic mass is 79.9. The van der Waals surface area contributed by atoms with Crippen molar-refractivity contribution in [3.63, 3.8) is 0 Å². The van der Waals surface area contributed by atoms with Gasteiger partial charge < -0.3 is 15.1 Å². The molecule has 0 aliphatic carbocycles. The van der Waals surface area contributed by atoms with Crippen molar-refractivity contribution in [2.75, 3.05) is 13.1 Å². The molecule has 0 saturated carbocycles. The second kappa shape index (κ2) is 6.53. The molecule has 6 nitrogen and oxygen atoms in total. The van der Waals surface area contributed by atoms with Crippen LogP contribution >= 0.6 is 27.5 Å². The lowest BCUT2D eigenvalue weighted by Crippen LogP contribution is -2.39. The van der Waals surface area contributed by atoms with Crippen LogP contribution in [-0.4, -0.2) is 46.0 Å². The van der Waals surface area contributed by atoms with E-state index in [0.717, 1.165) is 0 Å². The van der Waals surface area contributed by atoms with E-state index in [9.17, 15) is 14.4 Å². The van der Waals surface area contributed by atoms with Crippen LogP contribution in [0.25, 0.3) is 0 Å². The Morgan fingerprint density at radius 2 is 1.68 bits per heavy atom. The first-order valence-corrected chi connectivity index (χ1v) is 6.16. The lowest BCUT2D eigenvalue weighted by molar-refractivity contribution is -0.140. The topological polar surface area (TPSA) is 94.9 Å². The molecule has 1 amide bonds. The molecule has 0 saturated heterocycles. The van der Waals surface area contributed by atoms with E-state index in [2.05, 4.69) is 15.9 Å². The lowest BCUT2D eigenvalue weighted by Gasteiger charge is -2.19. The molecule has 0 unspecified atom stereocenters. The summed E-state index contributed by atoms with van der Waals surface area (Å²) in [7, 11) is 0. The molecule has 102 valence electrons. The molecule has 0 aliphatic heterocycles. The standard InChI is InChI=1S/C11H9BrClNO5/c12-8-2-1-6(13)3-7(8)11(19)14(4-9(15)16)5-10(17)18/h1-3H,4-5H2,(H,15,16)(H,17,18). The molecule has 0 aliphatic rings.